The van der Waals surface area contributed by atoms with E-state index in [0.717, 1.165) is 15.9 Å². The predicted octanol–water partition coefficient (Wildman–Crippen LogP) is 2.92. The van der Waals surface area contributed by atoms with Gasteiger partial charge in [-0.25, -0.2) is 0 Å². The van der Waals surface area contributed by atoms with Gasteiger partial charge in [0.15, 0.2) is 4.34 Å². The summed E-state index contributed by atoms with van der Waals surface area (Å²) in [6.45, 7) is 3.20. The van der Waals surface area contributed by atoms with Gasteiger partial charge in [0, 0.05) is 26.3 Å². The van der Waals surface area contributed by atoms with E-state index >= 15 is 0 Å². The van der Waals surface area contributed by atoms with Crippen LogP contribution in [0.4, 0.5) is 5.13 Å². The van der Waals surface area contributed by atoms with Crippen LogP contribution in [0.5, 0.6) is 0 Å². The molecule has 1 unspecified atom stereocenters. The highest BCUT2D eigenvalue weighted by molar-refractivity contribution is 8.02. The molecule has 1 heterocycles. The minimum Gasteiger partial charge on any atom is -0.385 e. The Kier molecular flexibility index (Phi) is 8.11. The minimum atomic E-state index is -0.173. The number of nitrogens with zero attached hydrogens (tertiary/aromatic N) is 2. The molecule has 0 aromatic carbocycles. The molecule has 1 amide bonds. The Morgan fingerprint density at radius 2 is 2.17 bits per heavy atom. The molecule has 0 aliphatic heterocycles. The molecule has 23 heavy (non-hydrogen) atoms. The third kappa shape index (κ3) is 6.64. The van der Waals surface area contributed by atoms with E-state index in [1.165, 1.54) is 55.2 Å². The molecule has 1 fully saturated rings. The van der Waals surface area contributed by atoms with Gasteiger partial charge in [-0.2, -0.15) is 0 Å². The molecule has 6 nitrogen and oxygen atoms in total. The highest BCUT2D eigenvalue weighted by atomic mass is 32.2. The Labute approximate surface area is 146 Å². The number of amides is 1. The maximum absolute atomic E-state index is 12.0. The second-order valence-corrected chi connectivity index (χ2v) is 8.32. The van der Waals surface area contributed by atoms with Gasteiger partial charge in [0.1, 0.15) is 0 Å². The van der Waals surface area contributed by atoms with Gasteiger partial charge in [0.05, 0.1) is 5.25 Å². The van der Waals surface area contributed by atoms with Gasteiger partial charge < -0.3 is 15.4 Å². The van der Waals surface area contributed by atoms with Gasteiger partial charge in [-0.05, 0) is 26.2 Å². The van der Waals surface area contributed by atoms with Crippen LogP contribution in [0.3, 0.4) is 0 Å². The Hall–Kier alpha value is -0.860. The molecule has 1 saturated carbocycles. The van der Waals surface area contributed by atoms with E-state index in [-0.39, 0.29) is 11.2 Å². The number of carbonyl (C=O) groups is 1. The summed E-state index contributed by atoms with van der Waals surface area (Å²) in [5, 5.41) is 15.5. The number of aromatic nitrogens is 2. The van der Waals surface area contributed by atoms with Crippen molar-refractivity contribution in [3.8, 4) is 0 Å². The molecule has 1 aliphatic carbocycles. The van der Waals surface area contributed by atoms with Crippen LogP contribution in [0.25, 0.3) is 0 Å². The summed E-state index contributed by atoms with van der Waals surface area (Å²) in [6, 6.07) is 0.524. The Morgan fingerprint density at radius 3 is 2.91 bits per heavy atom. The quantitative estimate of drug-likeness (QED) is 0.522. The van der Waals surface area contributed by atoms with Gasteiger partial charge in [-0.1, -0.05) is 42.4 Å². The van der Waals surface area contributed by atoms with E-state index in [1.54, 1.807) is 7.11 Å². The van der Waals surface area contributed by atoms with Crippen molar-refractivity contribution in [2.24, 2.45) is 0 Å². The van der Waals surface area contributed by atoms with Crippen LogP contribution >= 0.6 is 23.1 Å². The van der Waals surface area contributed by atoms with Crippen LogP contribution in [0.1, 0.15) is 45.4 Å². The number of thioether (sulfide) groups is 1. The van der Waals surface area contributed by atoms with Crippen molar-refractivity contribution in [3.05, 3.63) is 0 Å². The second-order valence-electron chi connectivity index (χ2n) is 5.75. The highest BCUT2D eigenvalue weighted by Gasteiger charge is 2.18. The van der Waals surface area contributed by atoms with Crippen molar-refractivity contribution >= 4 is 34.1 Å². The third-order valence-corrected chi connectivity index (χ3v) is 5.85. The molecule has 0 radical (unpaired) electrons. The number of methoxy groups -OCH3 is 1. The van der Waals surface area contributed by atoms with Crippen molar-refractivity contribution in [1.29, 1.82) is 0 Å². The molecule has 0 spiro atoms. The minimum absolute atomic E-state index is 0.0306. The molecular formula is C15H26N4O2S2. The first kappa shape index (κ1) is 18.5. The van der Waals surface area contributed by atoms with Crippen molar-refractivity contribution < 1.29 is 9.53 Å². The summed E-state index contributed by atoms with van der Waals surface area (Å²) in [6.07, 6.45) is 7.17. The zero-order chi connectivity index (χ0) is 16.5. The van der Waals surface area contributed by atoms with Crippen molar-refractivity contribution in [3.63, 3.8) is 0 Å². The second kappa shape index (κ2) is 10.1. The number of ether oxygens (including phenoxy) is 1. The summed E-state index contributed by atoms with van der Waals surface area (Å²) in [5.41, 5.74) is 0. The van der Waals surface area contributed by atoms with Crippen LogP contribution in [-0.4, -0.2) is 47.7 Å². The summed E-state index contributed by atoms with van der Waals surface area (Å²) in [4.78, 5) is 12.0. The topological polar surface area (TPSA) is 76.1 Å². The Balaban J connectivity index is 1.73. The van der Waals surface area contributed by atoms with E-state index in [1.807, 2.05) is 6.92 Å². The van der Waals surface area contributed by atoms with E-state index in [9.17, 15) is 4.79 Å². The van der Waals surface area contributed by atoms with Gasteiger partial charge in [-0.3, -0.25) is 4.79 Å². The normalized spacial score (nSPS) is 17.0. The summed E-state index contributed by atoms with van der Waals surface area (Å²) in [5.74, 6) is 0.0306. The molecule has 8 heteroatoms. The highest BCUT2D eigenvalue weighted by Crippen LogP contribution is 2.30. The van der Waals surface area contributed by atoms with Gasteiger partial charge in [-0.15, -0.1) is 10.2 Å². The number of carbonyl (C=O) groups excluding carboxylic acids is 1. The number of hydrogen-bond acceptors (Lipinski definition) is 7. The zero-order valence-electron chi connectivity index (χ0n) is 13.8. The molecule has 1 atom stereocenters. The van der Waals surface area contributed by atoms with Crippen molar-refractivity contribution in [2.45, 2.75) is 61.1 Å². The monoisotopic (exact) mass is 358 g/mol. The first-order valence-electron chi connectivity index (χ1n) is 8.22. The van der Waals surface area contributed by atoms with Gasteiger partial charge in [0.2, 0.25) is 11.0 Å². The molecule has 0 bridgehead atoms. The Morgan fingerprint density at radius 1 is 1.39 bits per heavy atom. The van der Waals surface area contributed by atoms with Crippen molar-refractivity contribution in [1.82, 2.24) is 15.5 Å². The summed E-state index contributed by atoms with van der Waals surface area (Å²) < 4.78 is 5.80. The first-order chi connectivity index (χ1) is 11.2. The molecule has 0 saturated heterocycles. The molecular weight excluding hydrogens is 332 g/mol. The van der Waals surface area contributed by atoms with Crippen LogP contribution in [0, 0.1) is 0 Å². The predicted molar refractivity (Wildman–Crippen MR) is 95.2 cm³/mol. The van der Waals surface area contributed by atoms with Crippen LogP contribution in [0.15, 0.2) is 4.34 Å². The maximum Gasteiger partial charge on any atom is 0.233 e. The van der Waals surface area contributed by atoms with Crippen molar-refractivity contribution in [2.75, 3.05) is 25.6 Å². The lowest BCUT2D eigenvalue weighted by atomic mass is 9.96. The smallest absolute Gasteiger partial charge is 0.233 e. The maximum atomic E-state index is 12.0. The lowest BCUT2D eigenvalue weighted by molar-refractivity contribution is -0.120. The zero-order valence-corrected chi connectivity index (χ0v) is 15.5. The molecule has 2 N–H and O–H groups in total. The fraction of sp³-hybridized carbons (Fsp3) is 0.800. The molecule has 1 aromatic heterocycles. The Bertz CT molecular complexity index is 478. The molecule has 1 aromatic rings. The van der Waals surface area contributed by atoms with Crippen LogP contribution in [0.2, 0.25) is 0 Å². The summed E-state index contributed by atoms with van der Waals surface area (Å²) in [7, 11) is 1.66. The lowest BCUT2D eigenvalue weighted by Crippen LogP contribution is -2.32. The standard InChI is InChI=1S/C15H26N4O2S2/c1-11(13(20)16-9-6-10-21-2)22-15-19-18-14(23-15)17-12-7-4-3-5-8-12/h11-12H,3-10H2,1-2H3,(H,16,20)(H,17,18). The number of rotatable bonds is 9. The SMILES string of the molecule is COCCCNC(=O)C(C)Sc1nnc(NC2CCCCC2)s1. The first-order valence-corrected chi connectivity index (χ1v) is 9.92. The van der Waals surface area contributed by atoms with E-state index in [0.29, 0.717) is 19.2 Å². The van der Waals surface area contributed by atoms with Gasteiger partial charge >= 0.3 is 0 Å². The molecule has 130 valence electrons. The summed E-state index contributed by atoms with van der Waals surface area (Å²) >= 11 is 2.99. The van der Waals surface area contributed by atoms with E-state index < -0.39 is 0 Å². The van der Waals surface area contributed by atoms with E-state index in [4.69, 9.17) is 4.74 Å². The third-order valence-electron chi connectivity index (χ3n) is 3.81. The number of hydrogen-bond donors (Lipinski definition) is 2. The van der Waals surface area contributed by atoms with E-state index in [2.05, 4.69) is 20.8 Å². The number of nitrogens with one attached hydrogen (secondary N) is 2. The molecule has 1 aliphatic rings. The molecule has 2 rings (SSSR count). The number of anilines is 1. The average Bonchev–Trinajstić information content (AvgIpc) is 2.99. The van der Waals surface area contributed by atoms with Crippen LogP contribution in [-0.2, 0) is 9.53 Å². The van der Waals surface area contributed by atoms with Crippen LogP contribution < -0.4 is 10.6 Å². The fourth-order valence-electron chi connectivity index (χ4n) is 2.51. The average molecular weight is 359 g/mol. The largest absolute Gasteiger partial charge is 0.385 e. The van der Waals surface area contributed by atoms with Gasteiger partial charge in [0.25, 0.3) is 0 Å². The fourth-order valence-corrected chi connectivity index (χ4v) is 4.51. The lowest BCUT2D eigenvalue weighted by Gasteiger charge is -2.21.